The lowest BCUT2D eigenvalue weighted by Gasteiger charge is -2.09. The summed E-state index contributed by atoms with van der Waals surface area (Å²) in [4.78, 5) is 10.8. The summed E-state index contributed by atoms with van der Waals surface area (Å²) >= 11 is 1.74. The van der Waals surface area contributed by atoms with Crippen molar-refractivity contribution in [2.45, 2.75) is 18.7 Å². The summed E-state index contributed by atoms with van der Waals surface area (Å²) in [6, 6.07) is 18.7. The highest BCUT2D eigenvalue weighted by atomic mass is 32.2. The van der Waals surface area contributed by atoms with Crippen LogP contribution in [-0.4, -0.2) is 27.7 Å². The van der Waals surface area contributed by atoms with Crippen LogP contribution in [0.3, 0.4) is 0 Å². The summed E-state index contributed by atoms with van der Waals surface area (Å²) in [6.07, 6.45) is 2.09. The quantitative estimate of drug-likeness (QED) is 0.447. The normalized spacial score (nSPS) is 11.1. The molecule has 0 saturated carbocycles. The Bertz CT molecular complexity index is 1100. The molecule has 5 heteroatoms. The van der Waals surface area contributed by atoms with Crippen LogP contribution in [0.5, 0.6) is 5.75 Å². The minimum atomic E-state index is 0.724. The summed E-state index contributed by atoms with van der Waals surface area (Å²) in [5.41, 5.74) is 6.25. The predicted octanol–water partition coefficient (Wildman–Crippen LogP) is 5.41. The van der Waals surface area contributed by atoms with Gasteiger partial charge in [-0.05, 0) is 62.6 Å². The SMILES string of the molecule is COc1ccc(-c2nc3nc(C)cc(C)n3c2-c2ccc(SC)cc2)cc1. The second-order valence-corrected chi connectivity index (χ2v) is 7.32. The maximum absolute atomic E-state index is 5.30. The molecular weight excluding hydrogens is 354 g/mol. The number of thioether (sulfide) groups is 1. The average Bonchev–Trinajstić information content (AvgIpc) is 3.07. The summed E-state index contributed by atoms with van der Waals surface area (Å²) < 4.78 is 7.44. The summed E-state index contributed by atoms with van der Waals surface area (Å²) in [5.74, 6) is 1.56. The lowest BCUT2D eigenvalue weighted by Crippen LogP contribution is -1.98. The maximum Gasteiger partial charge on any atom is 0.235 e. The topological polar surface area (TPSA) is 39.4 Å². The number of methoxy groups -OCH3 is 1. The van der Waals surface area contributed by atoms with Crippen LogP contribution >= 0.6 is 11.8 Å². The molecular formula is C22H21N3OS. The average molecular weight is 375 g/mol. The van der Waals surface area contributed by atoms with Crippen LogP contribution < -0.4 is 4.74 Å². The molecule has 0 saturated heterocycles. The highest BCUT2D eigenvalue weighted by Crippen LogP contribution is 2.34. The van der Waals surface area contributed by atoms with Gasteiger partial charge in [-0.2, -0.15) is 0 Å². The smallest absolute Gasteiger partial charge is 0.235 e. The Labute approximate surface area is 163 Å². The van der Waals surface area contributed by atoms with Crippen molar-refractivity contribution >= 4 is 17.5 Å². The minimum absolute atomic E-state index is 0.724. The lowest BCUT2D eigenvalue weighted by molar-refractivity contribution is 0.415. The number of benzene rings is 2. The van der Waals surface area contributed by atoms with E-state index in [1.807, 2.05) is 31.2 Å². The molecule has 4 nitrogen and oxygen atoms in total. The molecule has 0 atom stereocenters. The van der Waals surface area contributed by atoms with Gasteiger partial charge in [0.05, 0.1) is 18.5 Å². The van der Waals surface area contributed by atoms with Crippen molar-refractivity contribution < 1.29 is 4.74 Å². The Hall–Kier alpha value is -2.79. The monoisotopic (exact) mass is 375 g/mol. The third kappa shape index (κ3) is 3.19. The van der Waals surface area contributed by atoms with Crippen molar-refractivity contribution in [2.75, 3.05) is 13.4 Å². The van der Waals surface area contributed by atoms with Gasteiger partial charge in [0.25, 0.3) is 0 Å². The lowest BCUT2D eigenvalue weighted by atomic mass is 10.0. The number of hydrogen-bond donors (Lipinski definition) is 0. The van der Waals surface area contributed by atoms with Gasteiger partial charge >= 0.3 is 0 Å². The van der Waals surface area contributed by atoms with Gasteiger partial charge in [-0.15, -0.1) is 11.8 Å². The molecule has 0 aliphatic carbocycles. The van der Waals surface area contributed by atoms with Crippen LogP contribution in [0.25, 0.3) is 28.3 Å². The van der Waals surface area contributed by atoms with Crippen molar-refractivity contribution in [1.82, 2.24) is 14.4 Å². The van der Waals surface area contributed by atoms with Gasteiger partial charge in [0.2, 0.25) is 5.78 Å². The molecule has 136 valence electrons. The van der Waals surface area contributed by atoms with Gasteiger partial charge in [0.1, 0.15) is 5.75 Å². The molecule has 4 aromatic rings. The van der Waals surface area contributed by atoms with Gasteiger partial charge in [-0.1, -0.05) is 12.1 Å². The second kappa shape index (κ2) is 7.08. The molecule has 0 fully saturated rings. The molecule has 0 unspecified atom stereocenters. The van der Waals surface area contributed by atoms with Gasteiger partial charge in [0, 0.05) is 27.4 Å². The van der Waals surface area contributed by atoms with E-state index in [1.54, 1.807) is 18.9 Å². The molecule has 2 heterocycles. The van der Waals surface area contributed by atoms with E-state index in [9.17, 15) is 0 Å². The largest absolute Gasteiger partial charge is 0.497 e. The second-order valence-electron chi connectivity index (χ2n) is 6.44. The van der Waals surface area contributed by atoms with Crippen LogP contribution in [0.15, 0.2) is 59.5 Å². The first kappa shape index (κ1) is 17.6. The van der Waals surface area contributed by atoms with E-state index in [4.69, 9.17) is 9.72 Å². The number of ether oxygens (including phenoxy) is 1. The van der Waals surface area contributed by atoms with Crippen molar-refractivity contribution in [3.8, 4) is 28.3 Å². The van der Waals surface area contributed by atoms with Gasteiger partial charge in [-0.25, -0.2) is 9.97 Å². The number of fused-ring (bicyclic) bond motifs is 1. The van der Waals surface area contributed by atoms with Crippen LogP contribution in [0.1, 0.15) is 11.4 Å². The minimum Gasteiger partial charge on any atom is -0.497 e. The Balaban J connectivity index is 2.00. The van der Waals surface area contributed by atoms with Crippen molar-refractivity contribution in [1.29, 1.82) is 0 Å². The Morgan fingerprint density at radius 1 is 0.889 bits per heavy atom. The van der Waals surface area contributed by atoms with Gasteiger partial charge in [0.15, 0.2) is 0 Å². The van der Waals surface area contributed by atoms with E-state index < -0.39 is 0 Å². The molecule has 0 spiro atoms. The van der Waals surface area contributed by atoms with E-state index in [0.29, 0.717) is 0 Å². The fourth-order valence-electron chi connectivity index (χ4n) is 3.34. The van der Waals surface area contributed by atoms with Crippen molar-refractivity contribution in [3.63, 3.8) is 0 Å². The molecule has 2 aromatic heterocycles. The first-order valence-corrected chi connectivity index (χ1v) is 9.98. The number of nitrogens with zero attached hydrogens (tertiary/aromatic N) is 3. The molecule has 0 bridgehead atoms. The summed E-state index contributed by atoms with van der Waals surface area (Å²) in [5, 5.41) is 0. The van der Waals surface area contributed by atoms with Crippen LogP contribution in [0.2, 0.25) is 0 Å². The van der Waals surface area contributed by atoms with Gasteiger partial charge in [-0.3, -0.25) is 4.40 Å². The van der Waals surface area contributed by atoms with Crippen LogP contribution in [-0.2, 0) is 0 Å². The highest BCUT2D eigenvalue weighted by Gasteiger charge is 2.18. The van der Waals surface area contributed by atoms with Gasteiger partial charge < -0.3 is 4.74 Å². The van der Waals surface area contributed by atoms with E-state index in [1.165, 1.54) is 4.90 Å². The zero-order valence-electron chi connectivity index (χ0n) is 15.9. The molecule has 27 heavy (non-hydrogen) atoms. The Kier molecular flexibility index (Phi) is 4.62. The number of aromatic nitrogens is 3. The zero-order chi connectivity index (χ0) is 19.0. The Morgan fingerprint density at radius 2 is 1.56 bits per heavy atom. The molecule has 0 aliphatic rings. The van der Waals surface area contributed by atoms with E-state index in [2.05, 4.69) is 52.9 Å². The number of imidazole rings is 1. The predicted molar refractivity (Wildman–Crippen MR) is 112 cm³/mol. The van der Waals surface area contributed by atoms with Crippen molar-refractivity contribution in [2.24, 2.45) is 0 Å². The number of rotatable bonds is 4. The van der Waals surface area contributed by atoms with Crippen molar-refractivity contribution in [3.05, 3.63) is 66.0 Å². The van der Waals surface area contributed by atoms with Crippen LogP contribution in [0.4, 0.5) is 0 Å². The molecule has 0 radical (unpaired) electrons. The first-order chi connectivity index (χ1) is 13.1. The Morgan fingerprint density at radius 3 is 2.19 bits per heavy atom. The van der Waals surface area contributed by atoms with E-state index >= 15 is 0 Å². The molecule has 0 aliphatic heterocycles. The highest BCUT2D eigenvalue weighted by molar-refractivity contribution is 7.98. The summed E-state index contributed by atoms with van der Waals surface area (Å²) in [6.45, 7) is 4.10. The third-order valence-corrected chi connectivity index (χ3v) is 5.38. The zero-order valence-corrected chi connectivity index (χ0v) is 16.7. The summed E-state index contributed by atoms with van der Waals surface area (Å²) in [7, 11) is 1.68. The first-order valence-electron chi connectivity index (χ1n) is 8.76. The molecule has 4 rings (SSSR count). The third-order valence-electron chi connectivity index (χ3n) is 4.63. The van der Waals surface area contributed by atoms with Crippen LogP contribution in [0, 0.1) is 13.8 Å². The standard InChI is InChI=1S/C22H21N3OS/c1-14-13-15(2)25-21(17-7-11-19(27-4)12-8-17)20(24-22(25)23-14)16-5-9-18(26-3)10-6-16/h5-13H,1-4H3. The molecule has 0 N–H and O–H groups in total. The van der Waals surface area contributed by atoms with E-state index in [0.717, 1.165) is 45.4 Å². The fourth-order valence-corrected chi connectivity index (χ4v) is 3.75. The molecule has 0 amide bonds. The maximum atomic E-state index is 5.30. The molecule has 2 aromatic carbocycles. The number of hydrogen-bond acceptors (Lipinski definition) is 4. The fraction of sp³-hybridized carbons (Fsp3) is 0.182. The van der Waals surface area contributed by atoms with E-state index in [-0.39, 0.29) is 0 Å². The number of aryl methyl sites for hydroxylation is 2.